The number of hydrogen-bond acceptors (Lipinski definition) is 6. The minimum absolute atomic E-state index is 0.128. The highest BCUT2D eigenvalue weighted by atomic mass is 35.5. The molecule has 0 aliphatic carbocycles. The number of amides is 1. The Bertz CT molecular complexity index is 1110. The summed E-state index contributed by atoms with van der Waals surface area (Å²) in [4.78, 5) is 36.0. The highest BCUT2D eigenvalue weighted by Crippen LogP contribution is 2.25. The maximum atomic E-state index is 12.7. The van der Waals surface area contributed by atoms with E-state index < -0.39 is 34.4 Å². The summed E-state index contributed by atoms with van der Waals surface area (Å²) in [6.45, 7) is 1.31. The summed E-state index contributed by atoms with van der Waals surface area (Å²) in [5, 5.41) is 3.02. The lowest BCUT2D eigenvalue weighted by atomic mass is 9.98. The largest absolute Gasteiger partial charge is 0.455 e. The van der Waals surface area contributed by atoms with Crippen molar-refractivity contribution in [2.24, 2.45) is 5.92 Å². The number of ketones is 1. The quantitative estimate of drug-likeness (QED) is 0.483. The first kappa shape index (κ1) is 23.9. The minimum atomic E-state index is -3.66. The Balaban J connectivity index is 1.48. The minimum Gasteiger partial charge on any atom is -0.455 e. The molecule has 0 spiro atoms. The molecule has 0 unspecified atom stereocenters. The molecule has 0 aromatic heterocycles. The van der Waals surface area contributed by atoms with Gasteiger partial charge in [0.15, 0.2) is 12.4 Å². The molecule has 2 aromatic rings. The number of carbonyl (C=O) groups is 3. The lowest BCUT2D eigenvalue weighted by Crippen LogP contribution is -2.40. The van der Waals surface area contributed by atoms with Crippen molar-refractivity contribution in [3.63, 3.8) is 0 Å². The first-order valence-corrected chi connectivity index (χ1v) is 11.8. The first-order chi connectivity index (χ1) is 15.2. The topological polar surface area (TPSA) is 110 Å². The van der Waals surface area contributed by atoms with Crippen LogP contribution in [-0.2, 0) is 24.3 Å². The second-order valence-electron chi connectivity index (χ2n) is 7.43. The van der Waals surface area contributed by atoms with Crippen molar-refractivity contribution < 1.29 is 27.5 Å². The summed E-state index contributed by atoms with van der Waals surface area (Å²) in [6, 6.07) is 12.4. The number of anilines is 1. The van der Waals surface area contributed by atoms with Crippen LogP contribution in [0.4, 0.5) is 5.69 Å². The molecular weight excluding hydrogens is 456 g/mol. The molecule has 1 aliphatic rings. The molecule has 32 heavy (non-hydrogen) atoms. The number of carbonyl (C=O) groups excluding carboxylic acids is 3. The molecule has 8 nitrogen and oxygen atoms in total. The number of halogens is 1. The predicted molar refractivity (Wildman–Crippen MR) is 119 cm³/mol. The van der Waals surface area contributed by atoms with Gasteiger partial charge in [-0.3, -0.25) is 14.4 Å². The number of nitrogens with one attached hydrogen (secondary N) is 1. The van der Waals surface area contributed by atoms with Crippen LogP contribution in [-0.4, -0.2) is 50.1 Å². The number of benzene rings is 2. The summed E-state index contributed by atoms with van der Waals surface area (Å²) in [5.74, 6) is -1.68. The van der Waals surface area contributed by atoms with E-state index in [1.54, 1.807) is 24.3 Å². The molecule has 0 radical (unpaired) electrons. The molecule has 2 aromatic carbocycles. The summed E-state index contributed by atoms with van der Waals surface area (Å²) in [6.07, 6.45) is 0.599. The van der Waals surface area contributed by atoms with Gasteiger partial charge in [-0.25, -0.2) is 8.42 Å². The molecule has 1 saturated heterocycles. The van der Waals surface area contributed by atoms with Crippen LogP contribution in [0.25, 0.3) is 0 Å². The Kier molecular flexibility index (Phi) is 7.65. The van der Waals surface area contributed by atoms with Gasteiger partial charge in [-0.2, -0.15) is 4.31 Å². The number of sulfonamides is 1. The van der Waals surface area contributed by atoms with Crippen LogP contribution >= 0.6 is 11.6 Å². The Morgan fingerprint density at radius 2 is 1.75 bits per heavy atom. The van der Waals surface area contributed by atoms with Gasteiger partial charge in [0.05, 0.1) is 10.8 Å². The zero-order valence-electron chi connectivity index (χ0n) is 17.4. The predicted octanol–water partition coefficient (Wildman–Crippen LogP) is 3.13. The van der Waals surface area contributed by atoms with E-state index in [9.17, 15) is 22.8 Å². The zero-order chi connectivity index (χ0) is 23.3. The number of hydrogen-bond donors (Lipinski definition) is 1. The average Bonchev–Trinajstić information content (AvgIpc) is 2.78. The van der Waals surface area contributed by atoms with Gasteiger partial charge >= 0.3 is 5.97 Å². The van der Waals surface area contributed by atoms with Gasteiger partial charge in [-0.15, -0.1) is 0 Å². The summed E-state index contributed by atoms with van der Waals surface area (Å²) >= 11 is 5.82. The highest BCUT2D eigenvalue weighted by Gasteiger charge is 2.33. The average molecular weight is 479 g/mol. The molecule has 1 aliphatic heterocycles. The molecule has 3 rings (SSSR count). The molecular formula is C22H23ClN2O6S. The van der Waals surface area contributed by atoms with Gasteiger partial charge in [0.25, 0.3) is 5.91 Å². The fraction of sp³-hybridized carbons (Fsp3) is 0.318. The van der Waals surface area contributed by atoms with E-state index in [2.05, 4.69) is 5.32 Å². The van der Waals surface area contributed by atoms with Gasteiger partial charge < -0.3 is 10.1 Å². The smallest absolute Gasteiger partial charge is 0.309 e. The van der Waals surface area contributed by atoms with Gasteiger partial charge in [-0.1, -0.05) is 23.7 Å². The van der Waals surface area contributed by atoms with Crippen molar-refractivity contribution in [2.75, 3.05) is 25.0 Å². The molecule has 0 bridgehead atoms. The maximum Gasteiger partial charge on any atom is 0.309 e. The van der Waals surface area contributed by atoms with Crippen LogP contribution in [0.1, 0.15) is 30.1 Å². The Morgan fingerprint density at radius 3 is 2.38 bits per heavy atom. The monoisotopic (exact) mass is 478 g/mol. The van der Waals surface area contributed by atoms with Crippen molar-refractivity contribution in [2.45, 2.75) is 24.7 Å². The SMILES string of the molecule is CC(=O)c1cccc(NC(=O)COC(=O)C2CCN(S(=O)(=O)c3ccc(Cl)cc3)CC2)c1. The zero-order valence-corrected chi connectivity index (χ0v) is 19.0. The Hall–Kier alpha value is -2.75. The van der Waals surface area contributed by atoms with Gasteiger partial charge in [0.2, 0.25) is 10.0 Å². The van der Waals surface area contributed by atoms with Crippen molar-refractivity contribution >= 4 is 45.0 Å². The van der Waals surface area contributed by atoms with Crippen molar-refractivity contribution in [3.8, 4) is 0 Å². The van der Waals surface area contributed by atoms with E-state index in [1.807, 2.05) is 0 Å². The first-order valence-electron chi connectivity index (χ1n) is 10.00. The van der Waals surface area contributed by atoms with E-state index in [1.165, 1.54) is 35.5 Å². The lowest BCUT2D eigenvalue weighted by Gasteiger charge is -2.30. The highest BCUT2D eigenvalue weighted by molar-refractivity contribution is 7.89. The van der Waals surface area contributed by atoms with Crippen LogP contribution in [0.3, 0.4) is 0 Å². The second-order valence-corrected chi connectivity index (χ2v) is 9.80. The van der Waals surface area contributed by atoms with E-state index >= 15 is 0 Å². The standard InChI is InChI=1S/C22H23ClN2O6S/c1-15(26)17-3-2-4-19(13-17)24-21(27)14-31-22(28)16-9-11-25(12-10-16)32(29,30)20-7-5-18(23)6-8-20/h2-8,13,16H,9-12,14H2,1H3,(H,24,27). The van der Waals surface area contributed by atoms with Gasteiger partial charge in [0.1, 0.15) is 0 Å². The van der Waals surface area contributed by atoms with Crippen LogP contribution in [0.15, 0.2) is 53.4 Å². The number of nitrogens with zero attached hydrogens (tertiary/aromatic N) is 1. The summed E-state index contributed by atoms with van der Waals surface area (Å²) in [5.41, 5.74) is 0.888. The number of piperidine rings is 1. The third-order valence-electron chi connectivity index (χ3n) is 5.14. The van der Waals surface area contributed by atoms with Crippen molar-refractivity contribution in [1.82, 2.24) is 4.31 Å². The summed E-state index contributed by atoms with van der Waals surface area (Å²) < 4.78 is 31.9. The maximum absolute atomic E-state index is 12.7. The number of ether oxygens (including phenoxy) is 1. The fourth-order valence-electron chi connectivity index (χ4n) is 3.36. The molecule has 1 amide bonds. The number of Topliss-reactive ketones (excluding diaryl/α,β-unsaturated/α-hetero) is 1. The molecule has 1 fully saturated rings. The Morgan fingerprint density at radius 1 is 1.09 bits per heavy atom. The lowest BCUT2D eigenvalue weighted by molar-refractivity contribution is -0.152. The number of esters is 1. The van der Waals surface area contributed by atoms with Crippen molar-refractivity contribution in [1.29, 1.82) is 0 Å². The van der Waals surface area contributed by atoms with E-state index in [0.29, 0.717) is 29.1 Å². The molecule has 0 atom stereocenters. The van der Waals surface area contributed by atoms with Crippen LogP contribution < -0.4 is 5.32 Å². The molecule has 0 saturated carbocycles. The van der Waals surface area contributed by atoms with Gasteiger partial charge in [0, 0.05) is 29.4 Å². The summed E-state index contributed by atoms with van der Waals surface area (Å²) in [7, 11) is -3.66. The number of rotatable bonds is 7. The van der Waals surface area contributed by atoms with E-state index in [4.69, 9.17) is 16.3 Å². The van der Waals surface area contributed by atoms with E-state index in [0.717, 1.165) is 0 Å². The molecule has 170 valence electrons. The molecule has 10 heteroatoms. The second kappa shape index (κ2) is 10.2. The van der Waals surface area contributed by atoms with Crippen LogP contribution in [0.2, 0.25) is 5.02 Å². The van der Waals surface area contributed by atoms with Crippen molar-refractivity contribution in [3.05, 3.63) is 59.1 Å². The third-order valence-corrected chi connectivity index (χ3v) is 7.30. The van der Waals surface area contributed by atoms with Crippen LogP contribution in [0.5, 0.6) is 0 Å². The third kappa shape index (κ3) is 5.93. The normalized spacial score (nSPS) is 15.2. The molecule has 1 heterocycles. The fourth-order valence-corrected chi connectivity index (χ4v) is 4.95. The molecule has 1 N–H and O–H groups in total. The van der Waals surface area contributed by atoms with Crippen LogP contribution in [0, 0.1) is 5.92 Å². The van der Waals surface area contributed by atoms with Gasteiger partial charge in [-0.05, 0) is 56.2 Å². The Labute approximate surface area is 191 Å². The van der Waals surface area contributed by atoms with E-state index in [-0.39, 0.29) is 23.8 Å².